The molecule has 10 nitrogen and oxygen atoms in total. The largest absolute Gasteiger partial charge is 0.392 e. The predicted octanol–water partition coefficient (Wildman–Crippen LogP) is 2.03. The van der Waals surface area contributed by atoms with Crippen LogP contribution in [0, 0.1) is 0 Å². The topological polar surface area (TPSA) is 136 Å². The summed E-state index contributed by atoms with van der Waals surface area (Å²) in [5.74, 6) is -0.428. The van der Waals surface area contributed by atoms with Gasteiger partial charge in [-0.2, -0.15) is 17.4 Å². The standard InChI is InChI=1S/C24H29Cl2N5O5S/c1-27-23(34)29-37(35,36)31-10-4-9-24(14-31,16-6-3-5-15(11-16)13-32)28-22(33)20-12-17-19(30(20)2)8-7-18(25)21(17)26/h3,5-8,11-12,23,27,29,32,34H,4,9-10,13-14H2,1-2H3,(H,28,33). The number of carbonyl (C=O) groups excluding carboxylic acids is 1. The normalized spacial score (nSPS) is 19.7. The Bertz CT molecular complexity index is 1430. The van der Waals surface area contributed by atoms with E-state index in [9.17, 15) is 23.4 Å². The zero-order valence-corrected chi connectivity index (χ0v) is 22.7. The molecular weight excluding hydrogens is 541 g/mol. The number of halogens is 2. The molecule has 0 saturated carbocycles. The van der Waals surface area contributed by atoms with Gasteiger partial charge in [0.15, 0.2) is 6.35 Å². The summed E-state index contributed by atoms with van der Waals surface area (Å²) in [6.07, 6.45) is -0.581. The molecule has 1 fully saturated rings. The molecule has 1 saturated heterocycles. The molecular formula is C24H29Cl2N5O5S. The van der Waals surface area contributed by atoms with E-state index in [4.69, 9.17) is 23.2 Å². The molecule has 37 heavy (non-hydrogen) atoms. The first-order valence-electron chi connectivity index (χ1n) is 11.6. The lowest BCUT2D eigenvalue weighted by atomic mass is 9.82. The lowest BCUT2D eigenvalue weighted by Crippen LogP contribution is -2.60. The smallest absolute Gasteiger partial charge is 0.282 e. The van der Waals surface area contributed by atoms with Crippen molar-refractivity contribution >= 4 is 50.2 Å². The highest BCUT2D eigenvalue weighted by atomic mass is 35.5. The van der Waals surface area contributed by atoms with Gasteiger partial charge in [0.05, 0.1) is 22.2 Å². The molecule has 2 atom stereocenters. The number of aromatic nitrogens is 1. The molecule has 3 aromatic rings. The van der Waals surface area contributed by atoms with E-state index in [2.05, 4.69) is 15.4 Å². The number of nitrogens with zero attached hydrogens (tertiary/aromatic N) is 2. The van der Waals surface area contributed by atoms with Crippen molar-refractivity contribution in [2.24, 2.45) is 7.05 Å². The maximum atomic E-state index is 13.7. The Hall–Kier alpha value is -2.22. The molecule has 2 aromatic carbocycles. The lowest BCUT2D eigenvalue weighted by molar-refractivity contribution is 0.0829. The van der Waals surface area contributed by atoms with Gasteiger partial charge in [0.2, 0.25) is 0 Å². The van der Waals surface area contributed by atoms with E-state index >= 15 is 0 Å². The van der Waals surface area contributed by atoms with Crippen LogP contribution in [0.5, 0.6) is 0 Å². The van der Waals surface area contributed by atoms with Crippen molar-refractivity contribution < 1.29 is 23.4 Å². The highest BCUT2D eigenvalue weighted by Crippen LogP contribution is 2.36. The molecule has 0 bridgehead atoms. The van der Waals surface area contributed by atoms with Crippen LogP contribution in [0.15, 0.2) is 42.5 Å². The highest BCUT2D eigenvalue weighted by Gasteiger charge is 2.43. The second-order valence-electron chi connectivity index (χ2n) is 9.03. The first-order chi connectivity index (χ1) is 17.5. The highest BCUT2D eigenvalue weighted by molar-refractivity contribution is 7.87. The number of aryl methyl sites for hydroxylation is 1. The van der Waals surface area contributed by atoms with Crippen molar-refractivity contribution in [2.75, 3.05) is 20.1 Å². The van der Waals surface area contributed by atoms with Crippen LogP contribution in [-0.4, -0.2) is 59.9 Å². The molecule has 1 aliphatic rings. The van der Waals surface area contributed by atoms with Crippen LogP contribution in [-0.2, 0) is 29.4 Å². The lowest BCUT2D eigenvalue weighted by Gasteiger charge is -2.43. The Labute approximate surface area is 225 Å². The third kappa shape index (κ3) is 5.50. The van der Waals surface area contributed by atoms with Crippen LogP contribution in [0.25, 0.3) is 10.9 Å². The summed E-state index contributed by atoms with van der Waals surface area (Å²) < 4.78 is 31.1. The van der Waals surface area contributed by atoms with Gasteiger partial charge in [-0.3, -0.25) is 10.1 Å². The van der Waals surface area contributed by atoms with Crippen molar-refractivity contribution in [3.63, 3.8) is 0 Å². The summed E-state index contributed by atoms with van der Waals surface area (Å²) in [7, 11) is -0.944. The number of aliphatic hydroxyl groups excluding tert-OH is 2. The maximum absolute atomic E-state index is 13.7. The van der Waals surface area contributed by atoms with Gasteiger partial charge in [0.25, 0.3) is 16.1 Å². The number of hydrogen-bond acceptors (Lipinski definition) is 6. The second-order valence-corrected chi connectivity index (χ2v) is 11.5. The number of carbonyl (C=O) groups is 1. The molecule has 2 unspecified atom stereocenters. The van der Waals surface area contributed by atoms with Gasteiger partial charge in [-0.25, -0.2) is 0 Å². The predicted molar refractivity (Wildman–Crippen MR) is 142 cm³/mol. The molecule has 1 amide bonds. The number of rotatable bonds is 8. The maximum Gasteiger partial charge on any atom is 0.282 e. The van der Waals surface area contributed by atoms with Gasteiger partial charge in [-0.1, -0.05) is 47.5 Å². The zero-order chi connectivity index (χ0) is 27.0. The molecule has 1 aromatic heterocycles. The number of aliphatic hydroxyl groups is 2. The van der Waals surface area contributed by atoms with Crippen molar-refractivity contribution in [1.29, 1.82) is 0 Å². The monoisotopic (exact) mass is 569 g/mol. The van der Waals surface area contributed by atoms with Crippen molar-refractivity contribution in [1.82, 2.24) is 24.2 Å². The van der Waals surface area contributed by atoms with E-state index in [0.29, 0.717) is 50.6 Å². The fraction of sp³-hybridized carbons (Fsp3) is 0.375. The first-order valence-corrected chi connectivity index (χ1v) is 13.8. The van der Waals surface area contributed by atoms with E-state index in [1.807, 2.05) is 0 Å². The van der Waals surface area contributed by atoms with Gasteiger partial charge in [-0.05, 0) is 49.2 Å². The average Bonchev–Trinajstić information content (AvgIpc) is 3.23. The van der Waals surface area contributed by atoms with Crippen LogP contribution < -0.4 is 15.4 Å². The number of nitrogens with one attached hydrogen (secondary N) is 3. The number of piperidine rings is 1. The fourth-order valence-electron chi connectivity index (χ4n) is 4.72. The minimum atomic E-state index is -4.10. The van der Waals surface area contributed by atoms with Gasteiger partial charge >= 0.3 is 0 Å². The summed E-state index contributed by atoms with van der Waals surface area (Å²) in [6, 6.07) is 12.1. The van der Waals surface area contributed by atoms with Crippen LogP contribution in [0.1, 0.15) is 34.5 Å². The Morgan fingerprint density at radius 2 is 1.97 bits per heavy atom. The van der Waals surface area contributed by atoms with Gasteiger partial charge in [0, 0.05) is 31.0 Å². The SMILES string of the molecule is CNC(O)NS(=O)(=O)N1CCCC(NC(=O)c2cc3c(Cl)c(Cl)ccc3n2C)(c2cccc(CO)c2)C1. The molecule has 13 heteroatoms. The first kappa shape index (κ1) is 27.8. The average molecular weight is 570 g/mol. The Morgan fingerprint density at radius 1 is 1.22 bits per heavy atom. The summed E-state index contributed by atoms with van der Waals surface area (Å²) in [6.45, 7) is -0.0978. The van der Waals surface area contributed by atoms with E-state index in [1.54, 1.807) is 54.1 Å². The molecule has 200 valence electrons. The molecule has 4 rings (SSSR count). The van der Waals surface area contributed by atoms with E-state index < -0.39 is 28.0 Å². The van der Waals surface area contributed by atoms with Crippen molar-refractivity contribution in [3.8, 4) is 0 Å². The zero-order valence-electron chi connectivity index (χ0n) is 20.3. The summed E-state index contributed by atoms with van der Waals surface area (Å²) >= 11 is 12.5. The number of amides is 1. The Balaban J connectivity index is 1.76. The van der Waals surface area contributed by atoms with Crippen molar-refractivity contribution in [3.05, 3.63) is 69.3 Å². The van der Waals surface area contributed by atoms with Crippen LogP contribution in [0.3, 0.4) is 0 Å². The minimum absolute atomic E-state index is 0.0874. The van der Waals surface area contributed by atoms with Crippen LogP contribution in [0.4, 0.5) is 0 Å². The third-order valence-corrected chi connectivity index (χ3v) is 9.02. The third-order valence-electron chi connectivity index (χ3n) is 6.69. The molecule has 0 spiro atoms. The summed E-state index contributed by atoms with van der Waals surface area (Å²) in [4.78, 5) is 13.7. The fourth-order valence-corrected chi connectivity index (χ4v) is 6.41. The van der Waals surface area contributed by atoms with E-state index in [-0.39, 0.29) is 19.7 Å². The second kappa shape index (κ2) is 10.9. The number of hydrogen-bond donors (Lipinski definition) is 5. The quantitative estimate of drug-likeness (QED) is 0.263. The molecule has 0 aliphatic carbocycles. The Kier molecular flexibility index (Phi) is 8.17. The van der Waals surface area contributed by atoms with Gasteiger partial charge in [0.1, 0.15) is 5.69 Å². The number of fused-ring (bicyclic) bond motifs is 1. The summed E-state index contributed by atoms with van der Waals surface area (Å²) in [5.41, 5.74) is 1.20. The van der Waals surface area contributed by atoms with Crippen molar-refractivity contribution in [2.45, 2.75) is 31.3 Å². The molecule has 2 heterocycles. The van der Waals surface area contributed by atoms with Gasteiger partial charge < -0.3 is 20.1 Å². The van der Waals surface area contributed by atoms with E-state index in [0.717, 1.165) is 0 Å². The van der Waals surface area contributed by atoms with Crippen LogP contribution in [0.2, 0.25) is 10.0 Å². The molecule has 1 aliphatic heterocycles. The van der Waals surface area contributed by atoms with E-state index in [1.165, 1.54) is 11.4 Å². The molecule has 0 radical (unpaired) electrons. The minimum Gasteiger partial charge on any atom is -0.392 e. The summed E-state index contributed by atoms with van der Waals surface area (Å²) in [5, 5.41) is 26.4. The number of benzene rings is 2. The molecule has 5 N–H and O–H groups in total. The van der Waals surface area contributed by atoms with Gasteiger partial charge in [-0.15, -0.1) is 0 Å². The Morgan fingerprint density at radius 3 is 2.68 bits per heavy atom. The van der Waals surface area contributed by atoms with Crippen LogP contribution >= 0.6 is 23.2 Å².